The van der Waals surface area contributed by atoms with Crippen LogP contribution in [0.15, 0.2) is 24.3 Å². The number of carbonyl (C=O) groups excluding carboxylic acids is 1. The van der Waals surface area contributed by atoms with E-state index in [2.05, 4.69) is 5.32 Å². The molecule has 7 heteroatoms. The van der Waals surface area contributed by atoms with Crippen molar-refractivity contribution < 1.29 is 24.2 Å². The lowest BCUT2D eigenvalue weighted by Crippen LogP contribution is -2.40. The Balaban J connectivity index is 1.77. The Bertz CT molecular complexity index is 550. The first-order chi connectivity index (χ1) is 10.5. The summed E-state index contributed by atoms with van der Waals surface area (Å²) in [6.07, 6.45) is -1.14. The van der Waals surface area contributed by atoms with Crippen LogP contribution in [-0.2, 0) is 14.3 Å². The normalized spacial score (nSPS) is 22.1. The highest BCUT2D eigenvalue weighted by molar-refractivity contribution is 6.32. The maximum atomic E-state index is 11.9. The lowest BCUT2D eigenvalue weighted by molar-refractivity contribution is -0.151. The van der Waals surface area contributed by atoms with Gasteiger partial charge in [0.2, 0.25) is 5.91 Å². The van der Waals surface area contributed by atoms with E-state index in [1.165, 1.54) is 0 Å². The molecule has 1 aromatic carbocycles. The average Bonchev–Trinajstić information content (AvgIpc) is 2.97. The fourth-order valence-corrected chi connectivity index (χ4v) is 2.35. The van der Waals surface area contributed by atoms with Gasteiger partial charge in [0.05, 0.1) is 11.6 Å². The molecule has 0 spiro atoms. The summed E-state index contributed by atoms with van der Waals surface area (Å²) in [7, 11) is 0. The molecule has 0 aromatic heterocycles. The zero-order valence-corrected chi connectivity index (χ0v) is 12.9. The van der Waals surface area contributed by atoms with Crippen LogP contribution in [0.2, 0.25) is 5.02 Å². The van der Waals surface area contributed by atoms with Crippen LogP contribution in [0.4, 0.5) is 0 Å². The van der Waals surface area contributed by atoms with Crippen molar-refractivity contribution in [1.82, 2.24) is 5.32 Å². The second-order valence-corrected chi connectivity index (χ2v) is 5.54. The van der Waals surface area contributed by atoms with Crippen molar-refractivity contribution in [3.63, 3.8) is 0 Å². The molecule has 1 aliphatic rings. The summed E-state index contributed by atoms with van der Waals surface area (Å²) in [5.74, 6) is -0.807. The lowest BCUT2D eigenvalue weighted by atomic mass is 10.2. The molecule has 1 aromatic rings. The molecule has 1 saturated heterocycles. The minimum atomic E-state index is -1.04. The van der Waals surface area contributed by atoms with Crippen LogP contribution in [-0.4, -0.2) is 41.8 Å². The molecule has 22 heavy (non-hydrogen) atoms. The van der Waals surface area contributed by atoms with E-state index in [4.69, 9.17) is 26.2 Å². The SMILES string of the molecule is CC(CNC(=O)[C@@H]1CC[C@H](C(=O)O)O1)Oc1ccccc1Cl. The van der Waals surface area contributed by atoms with Crippen molar-refractivity contribution in [1.29, 1.82) is 0 Å². The number of aliphatic carboxylic acids is 1. The van der Waals surface area contributed by atoms with Crippen LogP contribution in [0.25, 0.3) is 0 Å². The van der Waals surface area contributed by atoms with E-state index in [1.807, 2.05) is 6.07 Å². The fraction of sp³-hybridized carbons (Fsp3) is 0.467. The van der Waals surface area contributed by atoms with E-state index in [0.29, 0.717) is 23.6 Å². The topological polar surface area (TPSA) is 84.9 Å². The van der Waals surface area contributed by atoms with Crippen molar-refractivity contribution in [3.05, 3.63) is 29.3 Å². The van der Waals surface area contributed by atoms with Gasteiger partial charge in [-0.1, -0.05) is 23.7 Å². The van der Waals surface area contributed by atoms with E-state index in [1.54, 1.807) is 25.1 Å². The summed E-state index contributed by atoms with van der Waals surface area (Å²) in [6, 6.07) is 7.08. The average molecular weight is 328 g/mol. The summed E-state index contributed by atoms with van der Waals surface area (Å²) in [4.78, 5) is 22.7. The minimum Gasteiger partial charge on any atom is -0.487 e. The van der Waals surface area contributed by atoms with Gasteiger partial charge in [0.1, 0.15) is 18.0 Å². The third-order valence-corrected chi connectivity index (χ3v) is 3.63. The fourth-order valence-electron chi connectivity index (χ4n) is 2.17. The van der Waals surface area contributed by atoms with Gasteiger partial charge in [0.15, 0.2) is 6.10 Å². The number of ether oxygens (including phenoxy) is 2. The van der Waals surface area contributed by atoms with E-state index in [0.717, 1.165) is 0 Å². The highest BCUT2D eigenvalue weighted by atomic mass is 35.5. The quantitative estimate of drug-likeness (QED) is 0.833. The van der Waals surface area contributed by atoms with Gasteiger partial charge in [-0.25, -0.2) is 4.79 Å². The van der Waals surface area contributed by atoms with Gasteiger partial charge >= 0.3 is 5.97 Å². The molecular weight excluding hydrogens is 310 g/mol. The van der Waals surface area contributed by atoms with Gasteiger partial charge in [-0.2, -0.15) is 0 Å². The van der Waals surface area contributed by atoms with Crippen LogP contribution in [0.3, 0.4) is 0 Å². The zero-order valence-electron chi connectivity index (χ0n) is 12.1. The number of nitrogens with one attached hydrogen (secondary N) is 1. The van der Waals surface area contributed by atoms with Gasteiger partial charge in [0, 0.05) is 0 Å². The highest BCUT2D eigenvalue weighted by Gasteiger charge is 2.34. The molecule has 1 fully saturated rings. The Kier molecular flexibility index (Phi) is 5.63. The van der Waals surface area contributed by atoms with Crippen LogP contribution in [0.1, 0.15) is 19.8 Å². The van der Waals surface area contributed by atoms with Gasteiger partial charge in [-0.05, 0) is 31.9 Å². The molecule has 0 aliphatic carbocycles. The third-order valence-electron chi connectivity index (χ3n) is 3.32. The summed E-state index contributed by atoms with van der Waals surface area (Å²) < 4.78 is 10.8. The van der Waals surface area contributed by atoms with Gasteiger partial charge in [0.25, 0.3) is 0 Å². The van der Waals surface area contributed by atoms with E-state index < -0.39 is 18.2 Å². The molecule has 120 valence electrons. The monoisotopic (exact) mass is 327 g/mol. The number of rotatable bonds is 6. The summed E-state index contributed by atoms with van der Waals surface area (Å²) in [5.41, 5.74) is 0. The number of hydrogen-bond acceptors (Lipinski definition) is 4. The van der Waals surface area contributed by atoms with Crippen LogP contribution < -0.4 is 10.1 Å². The molecule has 0 bridgehead atoms. The van der Waals surface area contributed by atoms with Crippen molar-refractivity contribution in [3.8, 4) is 5.75 Å². The smallest absolute Gasteiger partial charge is 0.332 e. The van der Waals surface area contributed by atoms with E-state index in [9.17, 15) is 9.59 Å². The Morgan fingerprint density at radius 2 is 2.09 bits per heavy atom. The Labute approximate surface area is 133 Å². The Morgan fingerprint density at radius 3 is 2.73 bits per heavy atom. The number of carbonyl (C=O) groups is 2. The number of hydrogen-bond donors (Lipinski definition) is 2. The number of halogens is 1. The van der Waals surface area contributed by atoms with Crippen LogP contribution in [0.5, 0.6) is 5.75 Å². The first-order valence-corrected chi connectivity index (χ1v) is 7.42. The molecule has 1 aliphatic heterocycles. The predicted octanol–water partition coefficient (Wildman–Crippen LogP) is 1.86. The molecule has 3 atom stereocenters. The lowest BCUT2D eigenvalue weighted by Gasteiger charge is -2.18. The van der Waals surface area contributed by atoms with E-state index in [-0.39, 0.29) is 18.6 Å². The largest absolute Gasteiger partial charge is 0.487 e. The second kappa shape index (κ2) is 7.47. The van der Waals surface area contributed by atoms with Crippen molar-refractivity contribution in [2.45, 2.75) is 38.1 Å². The van der Waals surface area contributed by atoms with Crippen molar-refractivity contribution >= 4 is 23.5 Å². The summed E-state index contributed by atoms with van der Waals surface area (Å²) in [5, 5.41) is 12.0. The van der Waals surface area contributed by atoms with Gasteiger partial charge in [-0.15, -0.1) is 0 Å². The number of carboxylic acids is 1. The second-order valence-electron chi connectivity index (χ2n) is 5.13. The minimum absolute atomic E-state index is 0.277. The first-order valence-electron chi connectivity index (χ1n) is 7.04. The van der Waals surface area contributed by atoms with Crippen molar-refractivity contribution in [2.75, 3.05) is 6.54 Å². The number of para-hydroxylation sites is 1. The standard InChI is InChI=1S/C15H18ClNO5/c1-9(21-11-5-3-2-4-10(11)16)8-17-14(18)12-6-7-13(22-12)15(19)20/h2-5,9,12-13H,6-8H2,1H3,(H,17,18)(H,19,20)/t9?,12-,13+/m0/s1. The number of amides is 1. The summed E-state index contributed by atoms with van der Waals surface area (Å²) >= 11 is 5.99. The van der Waals surface area contributed by atoms with Crippen LogP contribution in [0, 0.1) is 0 Å². The van der Waals surface area contributed by atoms with E-state index >= 15 is 0 Å². The molecular formula is C15H18ClNO5. The van der Waals surface area contributed by atoms with Crippen molar-refractivity contribution in [2.24, 2.45) is 0 Å². The molecule has 2 rings (SSSR count). The molecule has 1 heterocycles. The number of benzene rings is 1. The molecule has 1 amide bonds. The Morgan fingerprint density at radius 1 is 1.41 bits per heavy atom. The Hall–Kier alpha value is -1.79. The maximum absolute atomic E-state index is 11.9. The first kappa shape index (κ1) is 16.6. The maximum Gasteiger partial charge on any atom is 0.332 e. The van der Waals surface area contributed by atoms with Gasteiger partial charge < -0.3 is 19.9 Å². The number of carboxylic acid groups (broad SMARTS) is 1. The third kappa shape index (κ3) is 4.35. The molecule has 0 radical (unpaired) electrons. The molecule has 6 nitrogen and oxygen atoms in total. The summed E-state index contributed by atoms with van der Waals surface area (Å²) in [6.45, 7) is 2.08. The predicted molar refractivity (Wildman–Crippen MR) is 80.1 cm³/mol. The molecule has 1 unspecified atom stereocenters. The molecule has 2 N–H and O–H groups in total. The molecule has 0 saturated carbocycles. The highest BCUT2D eigenvalue weighted by Crippen LogP contribution is 2.24. The zero-order chi connectivity index (χ0) is 16.1. The van der Waals surface area contributed by atoms with Gasteiger partial charge in [-0.3, -0.25) is 4.79 Å². The van der Waals surface area contributed by atoms with Crippen LogP contribution >= 0.6 is 11.6 Å².